The Kier molecular flexibility index (Phi) is 5.83. The van der Waals surface area contributed by atoms with Crippen molar-refractivity contribution >= 4 is 52.3 Å². The van der Waals surface area contributed by atoms with Crippen LogP contribution in [0.25, 0.3) is 57.5 Å². The van der Waals surface area contributed by atoms with E-state index in [0.29, 0.717) is 5.75 Å². The van der Waals surface area contributed by atoms with Gasteiger partial charge >= 0.3 is 5.97 Å². The lowest BCUT2D eigenvalue weighted by molar-refractivity contribution is -0.129. The predicted octanol–water partition coefficient (Wildman–Crippen LogP) is 7.19. The summed E-state index contributed by atoms with van der Waals surface area (Å²) in [4.78, 5) is 28.4. The molecule has 0 radical (unpaired) electrons. The van der Waals surface area contributed by atoms with Crippen molar-refractivity contribution in [1.29, 1.82) is 0 Å². The first kappa shape index (κ1) is 22.5. The van der Waals surface area contributed by atoms with E-state index in [1.54, 1.807) is 6.08 Å². The fourth-order valence-electron chi connectivity index (χ4n) is 4.32. The second-order valence-electron chi connectivity index (χ2n) is 8.84. The molecule has 2 N–H and O–H groups in total. The third-order valence-electron chi connectivity index (χ3n) is 6.04. The highest BCUT2D eigenvalue weighted by Gasteiger charge is 2.08. The van der Waals surface area contributed by atoms with Crippen LogP contribution in [0.3, 0.4) is 0 Å². The van der Waals surface area contributed by atoms with E-state index >= 15 is 0 Å². The minimum atomic E-state index is -0.379. The van der Waals surface area contributed by atoms with Crippen LogP contribution in [0.15, 0.2) is 78.9 Å². The molecule has 180 valence electrons. The van der Waals surface area contributed by atoms with Crippen LogP contribution < -0.4 is 4.74 Å². The molecule has 8 bridgehead atoms. The molecule has 6 heteroatoms. The van der Waals surface area contributed by atoms with Gasteiger partial charge in [0.2, 0.25) is 0 Å². The van der Waals surface area contributed by atoms with E-state index in [1.807, 2.05) is 91.9 Å². The van der Waals surface area contributed by atoms with E-state index in [0.717, 1.165) is 62.4 Å². The number of fused-ring (bicyclic) bond motifs is 8. The van der Waals surface area contributed by atoms with E-state index in [-0.39, 0.29) is 5.97 Å². The van der Waals surface area contributed by atoms with Crippen LogP contribution in [-0.2, 0) is 4.79 Å². The van der Waals surface area contributed by atoms with E-state index in [4.69, 9.17) is 14.7 Å². The third kappa shape index (κ3) is 5.04. The fourth-order valence-corrected chi connectivity index (χ4v) is 4.32. The van der Waals surface area contributed by atoms with E-state index in [9.17, 15) is 4.79 Å². The molecular weight excluding hydrogens is 460 g/mol. The Morgan fingerprint density at radius 2 is 1.35 bits per heavy atom. The summed E-state index contributed by atoms with van der Waals surface area (Å²) in [5.74, 6) is 0.123. The molecule has 37 heavy (non-hydrogen) atoms. The molecule has 0 fully saturated rings. The lowest BCUT2D eigenvalue weighted by Crippen LogP contribution is -2.03. The average molecular weight is 485 g/mol. The molecule has 0 saturated carbocycles. The molecular formula is C31H24N4O2. The number of hydrogen-bond donors (Lipinski definition) is 2. The van der Waals surface area contributed by atoms with E-state index in [1.165, 1.54) is 6.08 Å². The van der Waals surface area contributed by atoms with Crippen molar-refractivity contribution in [3.8, 4) is 16.9 Å². The first-order chi connectivity index (χ1) is 18.1. The zero-order valence-corrected chi connectivity index (χ0v) is 20.2. The largest absolute Gasteiger partial charge is 0.423 e. The summed E-state index contributed by atoms with van der Waals surface area (Å²) in [6.07, 6.45) is 12.0. The summed E-state index contributed by atoms with van der Waals surface area (Å²) in [5.41, 5.74) is 9.32. The highest BCUT2D eigenvalue weighted by atomic mass is 16.5. The Balaban J connectivity index is 1.48. The average Bonchev–Trinajstić information content (AvgIpc) is 3.69. The number of hydrogen-bond acceptors (Lipinski definition) is 4. The predicted molar refractivity (Wildman–Crippen MR) is 149 cm³/mol. The molecule has 0 amide bonds. The molecule has 2 aliphatic rings. The molecule has 4 aromatic rings. The number of aromatic nitrogens is 4. The zero-order valence-electron chi connectivity index (χ0n) is 20.2. The van der Waals surface area contributed by atoms with Crippen LogP contribution in [0.4, 0.5) is 0 Å². The number of allylic oxidation sites excluding steroid dienone is 1. The molecule has 0 atom stereocenters. The van der Waals surface area contributed by atoms with E-state index in [2.05, 4.69) is 16.0 Å². The van der Waals surface area contributed by atoms with Gasteiger partial charge in [0.1, 0.15) is 5.75 Å². The molecule has 6 rings (SSSR count). The van der Waals surface area contributed by atoms with Gasteiger partial charge in [0.15, 0.2) is 0 Å². The summed E-state index contributed by atoms with van der Waals surface area (Å²) < 4.78 is 5.40. The van der Waals surface area contributed by atoms with Crippen molar-refractivity contribution in [3.63, 3.8) is 0 Å². The quantitative estimate of drug-likeness (QED) is 0.157. The van der Waals surface area contributed by atoms with Crippen molar-refractivity contribution in [2.75, 3.05) is 0 Å². The molecule has 3 aromatic heterocycles. The zero-order chi connectivity index (χ0) is 25.2. The lowest BCUT2D eigenvalue weighted by Gasteiger charge is -2.03. The second-order valence-corrected chi connectivity index (χ2v) is 8.84. The molecule has 1 aromatic carbocycles. The number of carbonyl (C=O) groups excluding carboxylic acids is 1. The monoisotopic (exact) mass is 484 g/mol. The molecule has 0 aliphatic carbocycles. The van der Waals surface area contributed by atoms with Crippen molar-refractivity contribution in [2.24, 2.45) is 0 Å². The number of ether oxygens (including phenoxy) is 1. The molecule has 0 saturated heterocycles. The number of nitrogens with zero attached hydrogens (tertiary/aromatic N) is 2. The molecule has 0 spiro atoms. The Morgan fingerprint density at radius 3 is 1.97 bits per heavy atom. The van der Waals surface area contributed by atoms with E-state index < -0.39 is 0 Å². The smallest absolute Gasteiger partial charge is 0.335 e. The van der Waals surface area contributed by atoms with Gasteiger partial charge in [-0.3, -0.25) is 0 Å². The fraction of sp³-hybridized carbons (Fsp3) is 0.0645. The number of H-pyrrole nitrogens is 2. The number of rotatable bonds is 4. The van der Waals surface area contributed by atoms with Gasteiger partial charge in [-0.2, -0.15) is 0 Å². The number of esters is 1. The summed E-state index contributed by atoms with van der Waals surface area (Å²) in [5, 5.41) is 0. The maximum absolute atomic E-state index is 11.9. The number of carbonyl (C=O) groups is 1. The van der Waals surface area contributed by atoms with Crippen LogP contribution in [0.1, 0.15) is 36.1 Å². The maximum atomic E-state index is 11.9. The standard InChI is InChI=1S/C31H24N4O2/c1-2-3-4-31(36)37-28-13-5-20(6-14-28)29-18-27-17-25-10-9-23(33-25)15-21-7-8-22(32-21)16-24-11-12-26(34-24)19-30(29)35-27/h3-19,32,35H,2H2,1H3. The molecule has 5 heterocycles. The number of benzene rings is 1. The van der Waals surface area contributed by atoms with Crippen LogP contribution in [0.2, 0.25) is 0 Å². The van der Waals surface area contributed by atoms with Gasteiger partial charge in [0, 0.05) is 33.7 Å². The number of nitrogens with one attached hydrogen (secondary N) is 2. The Bertz CT molecular complexity index is 1750. The Morgan fingerprint density at radius 1 is 0.757 bits per heavy atom. The SMILES string of the molecule is CCC=CC(=O)Oc1ccc(-c2cc3cc4nc(cc5ccc(cc6nc(cc2[nH]3)C=C6)[nH]5)C=C4)cc1. The van der Waals surface area contributed by atoms with Crippen LogP contribution in [0, 0.1) is 0 Å². The first-order valence-corrected chi connectivity index (χ1v) is 12.2. The van der Waals surface area contributed by atoms with Gasteiger partial charge in [0.25, 0.3) is 0 Å². The minimum absolute atomic E-state index is 0.379. The van der Waals surface area contributed by atoms with Gasteiger partial charge in [-0.1, -0.05) is 25.1 Å². The van der Waals surface area contributed by atoms with Crippen LogP contribution in [-0.4, -0.2) is 25.9 Å². The van der Waals surface area contributed by atoms with Gasteiger partial charge in [-0.15, -0.1) is 0 Å². The van der Waals surface area contributed by atoms with Crippen LogP contribution >= 0.6 is 0 Å². The molecule has 2 aliphatic heterocycles. The van der Waals surface area contributed by atoms with Crippen molar-refractivity contribution in [2.45, 2.75) is 13.3 Å². The Hall–Kier alpha value is -4.97. The van der Waals surface area contributed by atoms with Crippen molar-refractivity contribution in [1.82, 2.24) is 19.9 Å². The van der Waals surface area contributed by atoms with Crippen molar-refractivity contribution in [3.05, 3.63) is 102 Å². The molecule has 0 unspecified atom stereocenters. The number of aromatic amines is 2. The van der Waals surface area contributed by atoms with Gasteiger partial charge in [-0.05, 0) is 90.9 Å². The first-order valence-electron chi connectivity index (χ1n) is 12.2. The van der Waals surface area contributed by atoms with Gasteiger partial charge in [0.05, 0.1) is 22.8 Å². The summed E-state index contributed by atoms with van der Waals surface area (Å²) in [6.45, 7) is 1.97. The van der Waals surface area contributed by atoms with Gasteiger partial charge < -0.3 is 14.7 Å². The topological polar surface area (TPSA) is 83.7 Å². The summed E-state index contributed by atoms with van der Waals surface area (Å²) in [7, 11) is 0. The maximum Gasteiger partial charge on any atom is 0.335 e. The minimum Gasteiger partial charge on any atom is -0.423 e. The summed E-state index contributed by atoms with van der Waals surface area (Å²) >= 11 is 0. The Labute approximate surface area is 213 Å². The molecule has 6 nitrogen and oxygen atoms in total. The van der Waals surface area contributed by atoms with Crippen LogP contribution in [0.5, 0.6) is 5.75 Å². The van der Waals surface area contributed by atoms with Gasteiger partial charge in [-0.25, -0.2) is 14.8 Å². The highest BCUT2D eigenvalue weighted by molar-refractivity contribution is 5.88. The lowest BCUT2D eigenvalue weighted by atomic mass is 10.1. The highest BCUT2D eigenvalue weighted by Crippen LogP contribution is 2.29. The third-order valence-corrected chi connectivity index (χ3v) is 6.04. The van der Waals surface area contributed by atoms with Crippen molar-refractivity contribution < 1.29 is 9.53 Å². The summed E-state index contributed by atoms with van der Waals surface area (Å²) in [6, 6.07) is 21.8. The normalized spacial score (nSPS) is 12.4. The second kappa shape index (κ2) is 9.59.